The zero-order valence-electron chi connectivity index (χ0n) is 22.4. The minimum Gasteiger partial charge on any atom is -0.464 e. The van der Waals surface area contributed by atoms with Gasteiger partial charge in [-0.2, -0.15) is 4.98 Å². The van der Waals surface area contributed by atoms with Gasteiger partial charge in [0.05, 0.1) is 24.4 Å². The Morgan fingerprint density at radius 3 is 2.78 bits per heavy atom. The molecule has 4 aromatic heterocycles. The summed E-state index contributed by atoms with van der Waals surface area (Å²) in [6.45, 7) is 7.24. The van der Waals surface area contributed by atoms with Crippen LogP contribution in [0.25, 0.3) is 27.8 Å². The molecule has 1 saturated heterocycles. The predicted octanol–water partition coefficient (Wildman–Crippen LogP) is 3.40. The van der Waals surface area contributed by atoms with Crippen molar-refractivity contribution in [3.8, 4) is 5.82 Å². The van der Waals surface area contributed by atoms with E-state index in [9.17, 15) is 19.5 Å². The van der Waals surface area contributed by atoms with E-state index in [4.69, 9.17) is 4.42 Å². The minimum atomic E-state index is -1.19. The van der Waals surface area contributed by atoms with Crippen LogP contribution in [0, 0.1) is 0 Å². The zero-order valence-corrected chi connectivity index (χ0v) is 22.4. The molecule has 0 saturated carbocycles. The number of rotatable bonds is 7. The largest absolute Gasteiger partial charge is 0.464 e. The molecular formula is C29H27N7O5. The van der Waals surface area contributed by atoms with E-state index in [0.717, 1.165) is 5.39 Å². The number of imide groups is 1. The van der Waals surface area contributed by atoms with Crippen molar-refractivity contribution in [2.45, 2.75) is 44.8 Å². The zero-order chi connectivity index (χ0) is 28.9. The molecule has 1 atom stereocenters. The molecule has 12 nitrogen and oxygen atoms in total. The van der Waals surface area contributed by atoms with E-state index >= 15 is 0 Å². The van der Waals surface area contributed by atoms with Crippen molar-refractivity contribution in [2.24, 2.45) is 0 Å². The molecule has 0 bridgehead atoms. The fourth-order valence-electron chi connectivity index (χ4n) is 5.01. The van der Waals surface area contributed by atoms with Gasteiger partial charge in [0.25, 0.3) is 5.56 Å². The van der Waals surface area contributed by atoms with Gasteiger partial charge >= 0.3 is 0 Å². The minimum absolute atomic E-state index is 0.201. The average Bonchev–Trinajstić information content (AvgIpc) is 3.47. The van der Waals surface area contributed by atoms with Crippen LogP contribution in [0.2, 0.25) is 0 Å². The second-order valence-electron chi connectivity index (χ2n) is 10.4. The molecule has 0 spiro atoms. The van der Waals surface area contributed by atoms with Gasteiger partial charge in [-0.25, -0.2) is 19.3 Å². The first-order chi connectivity index (χ1) is 19.6. The summed E-state index contributed by atoms with van der Waals surface area (Å²) in [5.74, 6) is -0.497. The molecule has 5 aromatic rings. The normalized spacial score (nSPS) is 15.8. The van der Waals surface area contributed by atoms with Crippen molar-refractivity contribution in [1.29, 1.82) is 0 Å². The van der Waals surface area contributed by atoms with E-state index in [-0.39, 0.29) is 36.3 Å². The quantitative estimate of drug-likeness (QED) is 0.203. The fourth-order valence-corrected chi connectivity index (χ4v) is 5.01. The number of fused-ring (bicyclic) bond motifs is 2. The molecule has 1 unspecified atom stereocenters. The first-order valence-electron chi connectivity index (χ1n) is 13.1. The van der Waals surface area contributed by atoms with Crippen molar-refractivity contribution in [3.05, 3.63) is 83.1 Å². The highest BCUT2D eigenvalue weighted by molar-refractivity contribution is 6.03. The summed E-state index contributed by atoms with van der Waals surface area (Å²) in [4.78, 5) is 51.0. The highest BCUT2D eigenvalue weighted by Gasteiger charge is 2.30. The Hall–Kier alpha value is -5.10. The lowest BCUT2D eigenvalue weighted by molar-refractivity contribution is -0.134. The number of pyridine rings is 1. The topological polar surface area (TPSA) is 157 Å². The molecule has 1 aliphatic rings. The standard InChI is InChI=1S/C29H27N7O5/c1-4-12-35-27(39)19-14-30-28(34-25(19)36(35)23-7-5-6-22(32-23)29(2,3)40)31-16-8-10-21-18(13-16)20(15-41-21)17-9-11-24(37)33-26(17)38/h4-8,10,13-15,17,40H,1,9,11-12H2,2-3H3,(H,30,31,34)(H,33,37,38). The number of nitrogens with zero attached hydrogens (tertiary/aromatic N) is 5. The Kier molecular flexibility index (Phi) is 6.26. The number of allylic oxidation sites excluding steroid dienone is 1. The van der Waals surface area contributed by atoms with E-state index in [2.05, 4.69) is 32.2 Å². The Morgan fingerprint density at radius 2 is 2.02 bits per heavy atom. The number of aromatic nitrogens is 5. The van der Waals surface area contributed by atoms with Crippen molar-refractivity contribution >= 4 is 45.5 Å². The molecule has 41 heavy (non-hydrogen) atoms. The van der Waals surface area contributed by atoms with Crippen LogP contribution in [0.5, 0.6) is 0 Å². The molecule has 208 valence electrons. The summed E-state index contributed by atoms with van der Waals surface area (Å²) in [6, 6.07) is 10.6. The molecule has 6 rings (SSSR count). The number of carbonyl (C=O) groups is 2. The van der Waals surface area contributed by atoms with E-state index in [1.54, 1.807) is 61.2 Å². The summed E-state index contributed by atoms with van der Waals surface area (Å²) in [5, 5.41) is 17.1. The Labute approximate surface area is 233 Å². The number of piperidine rings is 1. The molecule has 0 radical (unpaired) electrons. The SMILES string of the molecule is C=CCn1c(=O)c2cnc(Nc3ccc4occ(C5CCC(=O)NC5=O)c4c3)nc2n1-c1cccc(C(C)(C)O)n1. The number of furan rings is 1. The van der Waals surface area contributed by atoms with Crippen LogP contribution >= 0.6 is 0 Å². The first kappa shape index (κ1) is 26.1. The maximum Gasteiger partial charge on any atom is 0.278 e. The summed E-state index contributed by atoms with van der Waals surface area (Å²) < 4.78 is 8.72. The number of nitrogens with one attached hydrogen (secondary N) is 2. The second-order valence-corrected chi connectivity index (χ2v) is 10.4. The van der Waals surface area contributed by atoms with Crippen LogP contribution < -0.4 is 16.2 Å². The summed E-state index contributed by atoms with van der Waals surface area (Å²) >= 11 is 0. The van der Waals surface area contributed by atoms with Gasteiger partial charge in [0, 0.05) is 29.3 Å². The van der Waals surface area contributed by atoms with Gasteiger partial charge in [0.1, 0.15) is 16.6 Å². The van der Waals surface area contributed by atoms with Crippen LogP contribution in [0.3, 0.4) is 0 Å². The molecule has 12 heteroatoms. The summed E-state index contributed by atoms with van der Waals surface area (Å²) in [5.41, 5.74) is 1.18. The van der Waals surface area contributed by atoms with Gasteiger partial charge < -0.3 is 14.8 Å². The fraction of sp³-hybridized carbons (Fsp3) is 0.241. The maximum atomic E-state index is 13.3. The first-order valence-corrected chi connectivity index (χ1v) is 13.1. The second kappa shape index (κ2) is 9.82. The number of anilines is 2. The molecule has 1 aliphatic heterocycles. The third-order valence-corrected chi connectivity index (χ3v) is 7.03. The van der Waals surface area contributed by atoms with Gasteiger partial charge in [-0.3, -0.25) is 19.7 Å². The van der Waals surface area contributed by atoms with Gasteiger partial charge in [0.2, 0.25) is 17.8 Å². The maximum absolute atomic E-state index is 13.3. The number of amides is 2. The van der Waals surface area contributed by atoms with Gasteiger partial charge in [0.15, 0.2) is 11.5 Å². The number of carbonyl (C=O) groups excluding carboxylic acids is 2. The number of aliphatic hydroxyl groups is 1. The number of hydrogen-bond acceptors (Lipinski definition) is 9. The van der Waals surface area contributed by atoms with Crippen molar-refractivity contribution < 1.29 is 19.1 Å². The van der Waals surface area contributed by atoms with E-state index < -0.39 is 11.5 Å². The molecule has 1 aromatic carbocycles. The molecule has 1 fully saturated rings. The molecule has 5 heterocycles. The lowest BCUT2D eigenvalue weighted by Crippen LogP contribution is -2.39. The van der Waals surface area contributed by atoms with Crippen molar-refractivity contribution in [1.82, 2.24) is 29.6 Å². The molecule has 3 N–H and O–H groups in total. The van der Waals surface area contributed by atoms with E-state index in [1.165, 1.54) is 10.9 Å². The van der Waals surface area contributed by atoms with Crippen LogP contribution in [0.1, 0.15) is 43.9 Å². The molecular weight excluding hydrogens is 526 g/mol. The monoisotopic (exact) mass is 553 g/mol. The molecule has 0 aliphatic carbocycles. The van der Waals surface area contributed by atoms with Crippen molar-refractivity contribution in [2.75, 3.05) is 5.32 Å². The van der Waals surface area contributed by atoms with Gasteiger partial charge in [-0.05, 0) is 50.6 Å². The van der Waals surface area contributed by atoms with Crippen LogP contribution in [-0.2, 0) is 21.7 Å². The van der Waals surface area contributed by atoms with Crippen LogP contribution in [-0.4, -0.2) is 41.2 Å². The number of benzene rings is 1. The van der Waals surface area contributed by atoms with E-state index in [1.807, 2.05) is 6.07 Å². The lowest BCUT2D eigenvalue weighted by atomic mass is 9.90. The smallest absolute Gasteiger partial charge is 0.278 e. The third kappa shape index (κ3) is 4.67. The highest BCUT2D eigenvalue weighted by Crippen LogP contribution is 2.34. The number of hydrogen-bond donors (Lipinski definition) is 3. The summed E-state index contributed by atoms with van der Waals surface area (Å²) in [7, 11) is 0. The van der Waals surface area contributed by atoms with Gasteiger partial charge in [-0.1, -0.05) is 12.1 Å². The highest BCUT2D eigenvalue weighted by atomic mass is 16.3. The van der Waals surface area contributed by atoms with Gasteiger partial charge in [-0.15, -0.1) is 6.58 Å². The Balaban J connectivity index is 1.41. The Morgan fingerprint density at radius 1 is 1.20 bits per heavy atom. The molecule has 2 amide bonds. The average molecular weight is 554 g/mol. The van der Waals surface area contributed by atoms with Crippen LogP contribution in [0.4, 0.5) is 11.6 Å². The third-order valence-electron chi connectivity index (χ3n) is 7.03. The predicted molar refractivity (Wildman–Crippen MR) is 151 cm³/mol. The summed E-state index contributed by atoms with van der Waals surface area (Å²) in [6.07, 6.45) is 5.26. The van der Waals surface area contributed by atoms with Crippen LogP contribution in [0.15, 0.2) is 70.7 Å². The van der Waals surface area contributed by atoms with E-state index in [0.29, 0.717) is 45.8 Å². The Bertz CT molecular complexity index is 1910. The lowest BCUT2D eigenvalue weighted by Gasteiger charge is -2.20. The van der Waals surface area contributed by atoms with Crippen molar-refractivity contribution in [3.63, 3.8) is 0 Å².